The zero-order valence-electron chi connectivity index (χ0n) is 7.26. The summed E-state index contributed by atoms with van der Waals surface area (Å²) in [6.45, 7) is 0. The summed E-state index contributed by atoms with van der Waals surface area (Å²) < 4.78 is 13.2. The number of benzene rings is 1. The average molecular weight is 241 g/mol. The fraction of sp³-hybridized carbons (Fsp3) is 0. The quantitative estimate of drug-likeness (QED) is 0.707. The van der Waals surface area contributed by atoms with E-state index in [0.717, 1.165) is 0 Å². The first-order valence-corrected chi connectivity index (χ1v) is 4.72. The SMILES string of the molecule is N#Cc1cnc2cc(Cl)c(F)cc2c1Cl. The van der Waals surface area contributed by atoms with Gasteiger partial charge in [-0.05, 0) is 12.1 Å². The van der Waals surface area contributed by atoms with Crippen LogP contribution < -0.4 is 0 Å². The van der Waals surface area contributed by atoms with Crippen molar-refractivity contribution in [2.75, 3.05) is 0 Å². The van der Waals surface area contributed by atoms with E-state index in [1.54, 1.807) is 0 Å². The van der Waals surface area contributed by atoms with Crippen LogP contribution in [-0.2, 0) is 0 Å². The molecule has 0 spiro atoms. The van der Waals surface area contributed by atoms with Crippen LogP contribution in [0.5, 0.6) is 0 Å². The van der Waals surface area contributed by atoms with Gasteiger partial charge in [-0.2, -0.15) is 5.26 Å². The van der Waals surface area contributed by atoms with Gasteiger partial charge in [0.15, 0.2) is 0 Å². The Labute approximate surface area is 94.9 Å². The van der Waals surface area contributed by atoms with Crippen LogP contribution in [0.1, 0.15) is 5.56 Å². The number of nitriles is 1. The lowest BCUT2D eigenvalue weighted by atomic mass is 10.1. The molecule has 0 N–H and O–H groups in total. The lowest BCUT2D eigenvalue weighted by Crippen LogP contribution is -1.87. The van der Waals surface area contributed by atoms with Crippen molar-refractivity contribution in [3.8, 4) is 6.07 Å². The molecule has 0 saturated carbocycles. The number of hydrogen-bond acceptors (Lipinski definition) is 2. The Kier molecular flexibility index (Phi) is 2.47. The van der Waals surface area contributed by atoms with E-state index in [1.807, 2.05) is 6.07 Å². The molecule has 2 aromatic rings. The molecule has 0 amide bonds. The van der Waals surface area contributed by atoms with Crippen molar-refractivity contribution < 1.29 is 4.39 Å². The Morgan fingerprint density at radius 2 is 2.07 bits per heavy atom. The maximum Gasteiger partial charge on any atom is 0.142 e. The number of halogens is 3. The van der Waals surface area contributed by atoms with Crippen LogP contribution in [-0.4, -0.2) is 4.98 Å². The normalized spacial score (nSPS) is 10.3. The van der Waals surface area contributed by atoms with Gasteiger partial charge in [-0.15, -0.1) is 0 Å². The molecule has 0 fully saturated rings. The molecule has 5 heteroatoms. The smallest absolute Gasteiger partial charge is 0.142 e. The molecule has 1 heterocycles. The summed E-state index contributed by atoms with van der Waals surface area (Å²) in [6, 6.07) is 4.42. The van der Waals surface area contributed by atoms with Crippen molar-refractivity contribution in [3.05, 3.63) is 39.8 Å². The number of nitrogens with zero attached hydrogens (tertiary/aromatic N) is 2. The molecular weight excluding hydrogens is 238 g/mol. The van der Waals surface area contributed by atoms with Crippen molar-refractivity contribution in [3.63, 3.8) is 0 Å². The first kappa shape index (κ1) is 10.2. The van der Waals surface area contributed by atoms with E-state index in [-0.39, 0.29) is 15.6 Å². The molecule has 0 unspecified atom stereocenters. The van der Waals surface area contributed by atoms with Gasteiger partial charge >= 0.3 is 0 Å². The molecule has 0 aliphatic rings. The van der Waals surface area contributed by atoms with Gasteiger partial charge in [0.2, 0.25) is 0 Å². The molecule has 0 aliphatic carbocycles. The summed E-state index contributed by atoms with van der Waals surface area (Å²) in [5.74, 6) is -0.581. The average Bonchev–Trinajstić information content (AvgIpc) is 2.22. The van der Waals surface area contributed by atoms with Gasteiger partial charge in [0.05, 0.1) is 21.1 Å². The Morgan fingerprint density at radius 3 is 2.73 bits per heavy atom. The number of hydrogen-bond donors (Lipinski definition) is 0. The summed E-state index contributed by atoms with van der Waals surface area (Å²) in [4.78, 5) is 3.96. The molecule has 2 rings (SSSR count). The fourth-order valence-corrected chi connectivity index (χ4v) is 1.63. The molecule has 0 aliphatic heterocycles. The van der Waals surface area contributed by atoms with Gasteiger partial charge in [0.1, 0.15) is 11.9 Å². The van der Waals surface area contributed by atoms with Crippen LogP contribution in [0.25, 0.3) is 10.9 Å². The topological polar surface area (TPSA) is 36.7 Å². The Morgan fingerprint density at radius 1 is 1.33 bits per heavy atom. The van der Waals surface area contributed by atoms with Crippen LogP contribution in [0.3, 0.4) is 0 Å². The number of fused-ring (bicyclic) bond motifs is 1. The number of aromatic nitrogens is 1. The molecule has 0 saturated heterocycles. The van der Waals surface area contributed by atoms with Gasteiger partial charge in [0.25, 0.3) is 0 Å². The van der Waals surface area contributed by atoms with Crippen molar-refractivity contribution in [2.24, 2.45) is 0 Å². The molecule has 74 valence electrons. The van der Waals surface area contributed by atoms with E-state index < -0.39 is 5.82 Å². The number of rotatable bonds is 0. The van der Waals surface area contributed by atoms with Crippen molar-refractivity contribution >= 4 is 34.1 Å². The standard InChI is InChI=1S/C10H3Cl2FN2/c11-7-2-9-6(1-8(7)13)10(12)5(3-14)4-15-9/h1-2,4H. The molecule has 0 radical (unpaired) electrons. The highest BCUT2D eigenvalue weighted by atomic mass is 35.5. The van der Waals surface area contributed by atoms with E-state index >= 15 is 0 Å². The van der Waals surface area contributed by atoms with E-state index in [2.05, 4.69) is 4.98 Å². The van der Waals surface area contributed by atoms with Crippen LogP contribution in [0.2, 0.25) is 10.0 Å². The second-order valence-electron chi connectivity index (χ2n) is 2.88. The monoisotopic (exact) mass is 240 g/mol. The second kappa shape index (κ2) is 3.65. The Hall–Kier alpha value is -1.37. The van der Waals surface area contributed by atoms with Gasteiger partial charge < -0.3 is 0 Å². The van der Waals surface area contributed by atoms with Gasteiger partial charge in [0, 0.05) is 11.6 Å². The lowest BCUT2D eigenvalue weighted by Gasteiger charge is -2.02. The van der Waals surface area contributed by atoms with Crippen molar-refractivity contribution in [2.45, 2.75) is 0 Å². The predicted octanol–water partition coefficient (Wildman–Crippen LogP) is 3.55. The van der Waals surface area contributed by atoms with Crippen molar-refractivity contribution in [1.82, 2.24) is 4.98 Å². The van der Waals surface area contributed by atoms with E-state index in [9.17, 15) is 4.39 Å². The van der Waals surface area contributed by atoms with E-state index in [0.29, 0.717) is 10.9 Å². The van der Waals surface area contributed by atoms with Crippen LogP contribution >= 0.6 is 23.2 Å². The minimum absolute atomic E-state index is 0.0178. The third kappa shape index (κ3) is 1.63. The zero-order valence-corrected chi connectivity index (χ0v) is 8.77. The predicted molar refractivity (Wildman–Crippen MR) is 56.4 cm³/mol. The molecule has 2 nitrogen and oxygen atoms in total. The summed E-state index contributed by atoms with van der Waals surface area (Å²) in [5.41, 5.74) is 0.677. The maximum absolute atomic E-state index is 13.2. The van der Waals surface area contributed by atoms with E-state index in [4.69, 9.17) is 28.5 Å². The highest BCUT2D eigenvalue weighted by molar-refractivity contribution is 6.37. The van der Waals surface area contributed by atoms with Gasteiger partial charge in [-0.25, -0.2) is 4.39 Å². The number of pyridine rings is 1. The Balaban J connectivity index is 2.89. The van der Waals surface area contributed by atoms with Gasteiger partial charge in [-0.1, -0.05) is 23.2 Å². The minimum Gasteiger partial charge on any atom is -0.255 e. The van der Waals surface area contributed by atoms with E-state index in [1.165, 1.54) is 18.3 Å². The minimum atomic E-state index is -0.581. The highest BCUT2D eigenvalue weighted by Gasteiger charge is 2.09. The summed E-state index contributed by atoms with van der Waals surface area (Å²) in [6.07, 6.45) is 1.33. The van der Waals surface area contributed by atoms with Crippen LogP contribution in [0.4, 0.5) is 4.39 Å². The Bertz CT molecular complexity index is 590. The first-order valence-electron chi connectivity index (χ1n) is 3.97. The van der Waals surface area contributed by atoms with Crippen molar-refractivity contribution in [1.29, 1.82) is 5.26 Å². The maximum atomic E-state index is 13.2. The molecular formula is C10H3Cl2FN2. The summed E-state index contributed by atoms with van der Waals surface area (Å²) >= 11 is 11.5. The second-order valence-corrected chi connectivity index (χ2v) is 3.67. The zero-order chi connectivity index (χ0) is 11.0. The molecule has 1 aromatic heterocycles. The third-order valence-corrected chi connectivity index (χ3v) is 2.66. The molecule has 0 bridgehead atoms. The summed E-state index contributed by atoms with van der Waals surface area (Å²) in [5, 5.41) is 9.27. The molecule has 0 atom stereocenters. The largest absolute Gasteiger partial charge is 0.255 e. The lowest BCUT2D eigenvalue weighted by molar-refractivity contribution is 0.630. The third-order valence-electron chi connectivity index (χ3n) is 1.96. The van der Waals surface area contributed by atoms with Gasteiger partial charge in [-0.3, -0.25) is 4.98 Å². The first-order chi connectivity index (χ1) is 7.13. The molecule has 1 aromatic carbocycles. The summed E-state index contributed by atoms with van der Waals surface area (Å²) in [7, 11) is 0. The molecule has 15 heavy (non-hydrogen) atoms. The fourth-order valence-electron chi connectivity index (χ4n) is 1.23. The highest BCUT2D eigenvalue weighted by Crippen LogP contribution is 2.28. The van der Waals surface area contributed by atoms with Crippen LogP contribution in [0.15, 0.2) is 18.3 Å². The van der Waals surface area contributed by atoms with Crippen LogP contribution in [0, 0.1) is 17.1 Å².